The van der Waals surface area contributed by atoms with E-state index in [9.17, 15) is 4.79 Å². The summed E-state index contributed by atoms with van der Waals surface area (Å²) in [4.78, 5) is 12.8. The monoisotopic (exact) mass is 344 g/mol. The van der Waals surface area contributed by atoms with E-state index in [-0.39, 0.29) is 5.97 Å². The van der Waals surface area contributed by atoms with Gasteiger partial charge in [-0.3, -0.25) is 4.79 Å². The Balaban J connectivity index is 2.03. The molecular formula is C24H24O2. The Morgan fingerprint density at radius 1 is 0.923 bits per heavy atom. The number of rotatable bonds is 2. The Kier molecular flexibility index (Phi) is 3.69. The van der Waals surface area contributed by atoms with E-state index in [1.807, 2.05) is 26.8 Å². The van der Waals surface area contributed by atoms with E-state index in [1.54, 1.807) is 0 Å². The van der Waals surface area contributed by atoms with Crippen molar-refractivity contribution in [3.8, 4) is 11.1 Å². The summed E-state index contributed by atoms with van der Waals surface area (Å²) in [5.41, 5.74) is 3.28. The van der Waals surface area contributed by atoms with Crippen LogP contribution in [-0.2, 0) is 15.1 Å². The first kappa shape index (κ1) is 16.8. The van der Waals surface area contributed by atoms with Gasteiger partial charge in [0.2, 0.25) is 0 Å². The van der Waals surface area contributed by atoms with Crippen molar-refractivity contribution < 1.29 is 9.53 Å². The normalized spacial score (nSPS) is 18.5. The van der Waals surface area contributed by atoms with Crippen molar-refractivity contribution in [3.05, 3.63) is 71.8 Å². The second-order valence-corrected chi connectivity index (χ2v) is 8.07. The second-order valence-electron chi connectivity index (χ2n) is 8.07. The Morgan fingerprint density at radius 3 is 2.35 bits per heavy atom. The van der Waals surface area contributed by atoms with Gasteiger partial charge < -0.3 is 4.74 Å². The third kappa shape index (κ3) is 2.28. The molecule has 0 saturated heterocycles. The lowest BCUT2D eigenvalue weighted by molar-refractivity contribution is -0.166. The van der Waals surface area contributed by atoms with E-state index in [0.717, 1.165) is 11.1 Å². The lowest BCUT2D eigenvalue weighted by atomic mass is 9.87. The van der Waals surface area contributed by atoms with Crippen LogP contribution in [0.25, 0.3) is 21.9 Å². The van der Waals surface area contributed by atoms with Crippen molar-refractivity contribution in [2.75, 3.05) is 0 Å². The number of benzene rings is 3. The van der Waals surface area contributed by atoms with Crippen LogP contribution in [0.2, 0.25) is 0 Å². The molecule has 0 radical (unpaired) electrons. The van der Waals surface area contributed by atoms with Gasteiger partial charge in [0, 0.05) is 11.1 Å². The number of carbonyl (C=O) groups is 1. The maximum Gasteiger partial charge on any atom is 0.312 e. The third-order valence-electron chi connectivity index (χ3n) is 5.37. The van der Waals surface area contributed by atoms with Gasteiger partial charge in [-0.15, -0.1) is 0 Å². The molecule has 2 heteroatoms. The maximum atomic E-state index is 12.8. The van der Waals surface area contributed by atoms with Crippen LogP contribution >= 0.6 is 0 Å². The molecule has 1 aliphatic rings. The molecule has 1 unspecified atom stereocenters. The summed E-state index contributed by atoms with van der Waals surface area (Å²) in [7, 11) is 0. The average Bonchev–Trinajstić information content (AvgIpc) is 2.92. The van der Waals surface area contributed by atoms with Gasteiger partial charge in [0.25, 0.3) is 0 Å². The highest BCUT2D eigenvalue weighted by atomic mass is 16.6. The number of ether oxygens (including phenoxy) is 1. The highest BCUT2D eigenvalue weighted by molar-refractivity contribution is 6.02. The minimum Gasteiger partial charge on any atom is -0.449 e. The zero-order valence-corrected chi connectivity index (χ0v) is 15.8. The zero-order valence-electron chi connectivity index (χ0n) is 15.8. The van der Waals surface area contributed by atoms with E-state index in [2.05, 4.69) is 61.5 Å². The van der Waals surface area contributed by atoms with E-state index < -0.39 is 11.0 Å². The van der Waals surface area contributed by atoms with Crippen molar-refractivity contribution in [1.29, 1.82) is 0 Å². The fourth-order valence-corrected chi connectivity index (χ4v) is 3.97. The van der Waals surface area contributed by atoms with Crippen LogP contribution in [-0.4, -0.2) is 5.97 Å². The summed E-state index contributed by atoms with van der Waals surface area (Å²) in [5.74, 6) is -0.171. The highest BCUT2D eigenvalue weighted by Gasteiger charge is 2.47. The standard InChI is InChI=1S/C24H24O2/c1-5-24(26-22(25)23(2,3)4)19-13-9-8-12-18(19)21-17-11-7-6-10-16(17)14-15-20(21)24/h6-15H,5H2,1-4H3. The summed E-state index contributed by atoms with van der Waals surface area (Å²) < 4.78 is 6.28. The lowest BCUT2D eigenvalue weighted by Crippen LogP contribution is -2.36. The molecule has 4 rings (SSSR count). The lowest BCUT2D eigenvalue weighted by Gasteiger charge is -2.33. The van der Waals surface area contributed by atoms with Crippen molar-refractivity contribution in [2.45, 2.75) is 39.7 Å². The molecule has 0 heterocycles. The number of fused-ring (bicyclic) bond motifs is 5. The van der Waals surface area contributed by atoms with E-state index in [4.69, 9.17) is 4.74 Å². The van der Waals surface area contributed by atoms with Crippen LogP contribution in [0.4, 0.5) is 0 Å². The molecule has 1 atom stereocenters. The Labute approximate surface area is 154 Å². The summed E-state index contributed by atoms with van der Waals surface area (Å²) in [6.45, 7) is 7.81. The van der Waals surface area contributed by atoms with Crippen LogP contribution in [0.3, 0.4) is 0 Å². The Hall–Kier alpha value is -2.61. The maximum absolute atomic E-state index is 12.8. The van der Waals surface area contributed by atoms with E-state index in [1.165, 1.54) is 21.9 Å². The summed E-state index contributed by atoms with van der Waals surface area (Å²) >= 11 is 0. The summed E-state index contributed by atoms with van der Waals surface area (Å²) in [5, 5.41) is 2.41. The van der Waals surface area contributed by atoms with Gasteiger partial charge in [-0.2, -0.15) is 0 Å². The van der Waals surface area contributed by atoms with Crippen molar-refractivity contribution >= 4 is 16.7 Å². The van der Waals surface area contributed by atoms with Gasteiger partial charge in [-0.25, -0.2) is 0 Å². The van der Waals surface area contributed by atoms with Crippen molar-refractivity contribution in [2.24, 2.45) is 5.41 Å². The molecule has 1 aliphatic carbocycles. The topological polar surface area (TPSA) is 26.3 Å². The number of hydrogen-bond acceptors (Lipinski definition) is 2. The minimum absolute atomic E-state index is 0.171. The highest BCUT2D eigenvalue weighted by Crippen LogP contribution is 2.54. The smallest absolute Gasteiger partial charge is 0.312 e. The SMILES string of the molecule is CCC1(OC(=O)C(C)(C)C)c2ccccc2-c2c1ccc1ccccc21. The number of esters is 1. The average molecular weight is 344 g/mol. The van der Waals surface area contributed by atoms with Gasteiger partial charge >= 0.3 is 5.97 Å². The third-order valence-corrected chi connectivity index (χ3v) is 5.37. The summed E-state index contributed by atoms with van der Waals surface area (Å²) in [6.07, 6.45) is 0.706. The molecule has 0 aliphatic heterocycles. The fourth-order valence-electron chi connectivity index (χ4n) is 3.97. The molecule has 2 nitrogen and oxygen atoms in total. The summed E-state index contributed by atoms with van der Waals surface area (Å²) in [6, 6.07) is 21.0. The first-order valence-electron chi connectivity index (χ1n) is 9.24. The Morgan fingerprint density at radius 2 is 1.62 bits per heavy atom. The largest absolute Gasteiger partial charge is 0.449 e. The van der Waals surface area contributed by atoms with Gasteiger partial charge in [0.05, 0.1) is 5.41 Å². The van der Waals surface area contributed by atoms with Crippen LogP contribution in [0, 0.1) is 5.41 Å². The quantitative estimate of drug-likeness (QED) is 0.528. The van der Waals surface area contributed by atoms with E-state index in [0.29, 0.717) is 6.42 Å². The Bertz CT molecular complexity index is 1010. The van der Waals surface area contributed by atoms with Gasteiger partial charge in [-0.05, 0) is 49.1 Å². The van der Waals surface area contributed by atoms with Gasteiger partial charge in [-0.1, -0.05) is 67.6 Å². The first-order chi connectivity index (χ1) is 12.4. The molecule has 132 valence electrons. The van der Waals surface area contributed by atoms with Gasteiger partial charge in [0.1, 0.15) is 0 Å². The molecule has 26 heavy (non-hydrogen) atoms. The number of carbonyl (C=O) groups excluding carboxylic acids is 1. The van der Waals surface area contributed by atoms with Gasteiger partial charge in [0.15, 0.2) is 5.60 Å². The molecule has 0 N–H and O–H groups in total. The molecule has 0 aromatic heterocycles. The number of hydrogen-bond donors (Lipinski definition) is 0. The van der Waals surface area contributed by atoms with Crippen LogP contribution in [0.5, 0.6) is 0 Å². The molecule has 0 fully saturated rings. The predicted octanol–water partition coefficient (Wildman–Crippen LogP) is 6.06. The molecule has 3 aromatic rings. The predicted molar refractivity (Wildman–Crippen MR) is 106 cm³/mol. The fraction of sp³-hybridized carbons (Fsp3) is 0.292. The van der Waals surface area contributed by atoms with Crippen LogP contribution in [0.1, 0.15) is 45.2 Å². The van der Waals surface area contributed by atoms with Crippen molar-refractivity contribution in [1.82, 2.24) is 0 Å². The molecular weight excluding hydrogens is 320 g/mol. The molecule has 0 saturated carbocycles. The second kappa shape index (κ2) is 5.70. The molecule has 0 bridgehead atoms. The first-order valence-corrected chi connectivity index (χ1v) is 9.24. The molecule has 0 amide bonds. The van der Waals surface area contributed by atoms with Crippen LogP contribution in [0.15, 0.2) is 60.7 Å². The zero-order chi connectivity index (χ0) is 18.5. The van der Waals surface area contributed by atoms with E-state index >= 15 is 0 Å². The van der Waals surface area contributed by atoms with Crippen molar-refractivity contribution in [3.63, 3.8) is 0 Å². The molecule has 3 aromatic carbocycles. The molecule has 0 spiro atoms. The minimum atomic E-state index is -0.722. The van der Waals surface area contributed by atoms with Crippen LogP contribution < -0.4 is 0 Å².